The van der Waals surface area contributed by atoms with E-state index in [2.05, 4.69) is 23.4 Å². The predicted molar refractivity (Wildman–Crippen MR) is 58.4 cm³/mol. The highest BCUT2D eigenvalue weighted by Gasteiger charge is 2.10. The molecule has 0 spiro atoms. The van der Waals surface area contributed by atoms with Crippen molar-refractivity contribution in [3.63, 3.8) is 0 Å². The molecule has 1 aromatic heterocycles. The lowest BCUT2D eigenvalue weighted by atomic mass is 10.0. The van der Waals surface area contributed by atoms with E-state index < -0.39 is 0 Å². The summed E-state index contributed by atoms with van der Waals surface area (Å²) in [5.74, 6) is 0.270. The van der Waals surface area contributed by atoms with E-state index in [4.69, 9.17) is 4.74 Å². The molecule has 4 nitrogen and oxygen atoms in total. The zero-order chi connectivity index (χ0) is 11.1. The van der Waals surface area contributed by atoms with Gasteiger partial charge in [-0.2, -0.15) is 0 Å². The van der Waals surface area contributed by atoms with Crippen LogP contribution in [0.1, 0.15) is 38.0 Å². The van der Waals surface area contributed by atoms with Crippen molar-refractivity contribution in [1.82, 2.24) is 9.59 Å². The fourth-order valence-electron chi connectivity index (χ4n) is 1.34. The Morgan fingerprint density at radius 2 is 2.47 bits per heavy atom. The molecule has 1 heterocycles. The molecule has 5 heteroatoms. The third kappa shape index (κ3) is 4.88. The third-order valence-electron chi connectivity index (χ3n) is 2.08. The monoisotopic (exact) mass is 228 g/mol. The molecule has 0 aromatic carbocycles. The van der Waals surface area contributed by atoms with Crippen LogP contribution in [-0.2, 0) is 16.1 Å². The fourth-order valence-corrected chi connectivity index (χ4v) is 1.75. The van der Waals surface area contributed by atoms with E-state index in [1.54, 1.807) is 6.20 Å². The van der Waals surface area contributed by atoms with Crippen LogP contribution >= 0.6 is 11.5 Å². The first-order valence-corrected chi connectivity index (χ1v) is 5.91. The molecule has 1 atom stereocenters. The van der Waals surface area contributed by atoms with E-state index in [1.807, 2.05) is 0 Å². The number of carbonyl (C=O) groups is 1. The summed E-state index contributed by atoms with van der Waals surface area (Å²) in [5.41, 5.74) is 0. The van der Waals surface area contributed by atoms with Gasteiger partial charge in [0.05, 0.1) is 11.1 Å². The molecule has 0 N–H and O–H groups in total. The average molecular weight is 228 g/mol. The topological polar surface area (TPSA) is 52.1 Å². The summed E-state index contributed by atoms with van der Waals surface area (Å²) in [5, 5.41) is 3.67. The zero-order valence-electron chi connectivity index (χ0n) is 9.10. The Morgan fingerprint density at radius 3 is 3.07 bits per heavy atom. The molecule has 1 aromatic rings. The quantitative estimate of drug-likeness (QED) is 0.702. The Morgan fingerprint density at radius 1 is 1.67 bits per heavy atom. The Labute approximate surface area is 93.8 Å². The second kappa shape index (κ2) is 6.50. The van der Waals surface area contributed by atoms with Crippen molar-refractivity contribution in [3.8, 4) is 0 Å². The van der Waals surface area contributed by atoms with Crippen LogP contribution in [0.2, 0.25) is 0 Å². The lowest BCUT2D eigenvalue weighted by molar-refractivity contribution is -0.145. The van der Waals surface area contributed by atoms with Crippen molar-refractivity contribution < 1.29 is 9.53 Å². The van der Waals surface area contributed by atoms with Crippen molar-refractivity contribution in [2.75, 3.05) is 0 Å². The Bertz CT molecular complexity index is 288. The lowest BCUT2D eigenvalue weighted by Crippen LogP contribution is -2.09. The molecule has 0 aliphatic carbocycles. The number of hydrogen-bond donors (Lipinski definition) is 0. The molecule has 0 saturated carbocycles. The van der Waals surface area contributed by atoms with E-state index in [0.29, 0.717) is 18.9 Å². The summed E-state index contributed by atoms with van der Waals surface area (Å²) in [6.45, 7) is 4.49. The normalized spacial score (nSPS) is 12.4. The molecule has 0 aliphatic heterocycles. The molecule has 0 fully saturated rings. The molecular formula is C10H16N2O2S. The Kier molecular flexibility index (Phi) is 5.25. The highest BCUT2D eigenvalue weighted by Crippen LogP contribution is 2.12. The smallest absolute Gasteiger partial charge is 0.306 e. The molecule has 84 valence electrons. The third-order valence-corrected chi connectivity index (χ3v) is 2.71. The minimum Gasteiger partial charge on any atom is -0.460 e. The number of aromatic nitrogens is 2. The van der Waals surface area contributed by atoms with E-state index in [0.717, 1.165) is 17.7 Å². The minimum atomic E-state index is -0.135. The van der Waals surface area contributed by atoms with Crippen LogP contribution in [0.3, 0.4) is 0 Å². The van der Waals surface area contributed by atoms with Gasteiger partial charge in [-0.25, -0.2) is 0 Å². The number of rotatable bonds is 6. The summed E-state index contributed by atoms with van der Waals surface area (Å²) < 4.78 is 8.79. The summed E-state index contributed by atoms with van der Waals surface area (Å²) in [4.78, 5) is 12.2. The predicted octanol–water partition coefficient (Wildman–Crippen LogP) is 2.41. The standard InChI is InChI=1S/C10H16N2O2S/c1-3-4-8(2)5-10(13)14-7-9-6-11-12-15-9/h6,8H,3-5,7H2,1-2H3. The highest BCUT2D eigenvalue weighted by atomic mass is 32.1. The van der Waals surface area contributed by atoms with Gasteiger partial charge < -0.3 is 4.74 Å². The maximum Gasteiger partial charge on any atom is 0.306 e. The van der Waals surface area contributed by atoms with Crippen molar-refractivity contribution in [2.24, 2.45) is 5.92 Å². The number of ether oxygens (including phenoxy) is 1. The van der Waals surface area contributed by atoms with E-state index >= 15 is 0 Å². The van der Waals surface area contributed by atoms with Crippen molar-refractivity contribution in [2.45, 2.75) is 39.7 Å². The first kappa shape index (κ1) is 12.1. The summed E-state index contributed by atoms with van der Waals surface area (Å²) in [6, 6.07) is 0. The van der Waals surface area contributed by atoms with Gasteiger partial charge in [0.2, 0.25) is 0 Å². The largest absolute Gasteiger partial charge is 0.460 e. The first-order chi connectivity index (χ1) is 7.22. The Hall–Kier alpha value is -0.970. The molecule has 0 amide bonds. The van der Waals surface area contributed by atoms with Crippen molar-refractivity contribution in [1.29, 1.82) is 0 Å². The summed E-state index contributed by atoms with van der Waals surface area (Å²) in [6.07, 6.45) is 4.29. The van der Waals surface area contributed by atoms with Crippen LogP contribution in [0.5, 0.6) is 0 Å². The maximum absolute atomic E-state index is 11.4. The molecule has 0 saturated heterocycles. The minimum absolute atomic E-state index is 0.135. The van der Waals surface area contributed by atoms with Gasteiger partial charge in [0.25, 0.3) is 0 Å². The van der Waals surface area contributed by atoms with Crippen molar-refractivity contribution >= 4 is 17.5 Å². The van der Waals surface area contributed by atoms with E-state index in [9.17, 15) is 4.79 Å². The van der Waals surface area contributed by atoms with Crippen LogP contribution < -0.4 is 0 Å². The molecule has 1 unspecified atom stereocenters. The van der Waals surface area contributed by atoms with Gasteiger partial charge in [-0.15, -0.1) is 5.10 Å². The van der Waals surface area contributed by atoms with Crippen LogP contribution in [0.15, 0.2) is 6.20 Å². The van der Waals surface area contributed by atoms with Crippen molar-refractivity contribution in [3.05, 3.63) is 11.1 Å². The number of nitrogens with zero attached hydrogens (tertiary/aromatic N) is 2. The molecule has 15 heavy (non-hydrogen) atoms. The second-order valence-electron chi connectivity index (χ2n) is 3.64. The zero-order valence-corrected chi connectivity index (χ0v) is 9.92. The van der Waals surface area contributed by atoms with Gasteiger partial charge in [-0.1, -0.05) is 31.2 Å². The first-order valence-electron chi connectivity index (χ1n) is 5.14. The van der Waals surface area contributed by atoms with Gasteiger partial charge in [0.1, 0.15) is 6.61 Å². The molecule has 0 aliphatic rings. The molecular weight excluding hydrogens is 212 g/mol. The summed E-state index contributed by atoms with van der Waals surface area (Å²) >= 11 is 1.26. The fraction of sp³-hybridized carbons (Fsp3) is 0.700. The number of esters is 1. The number of hydrogen-bond acceptors (Lipinski definition) is 5. The van der Waals surface area contributed by atoms with Gasteiger partial charge in [-0.3, -0.25) is 4.79 Å². The second-order valence-corrected chi connectivity index (χ2v) is 4.51. The molecule has 0 radical (unpaired) electrons. The van der Waals surface area contributed by atoms with E-state index in [1.165, 1.54) is 11.5 Å². The van der Waals surface area contributed by atoms with Crippen LogP contribution in [-0.4, -0.2) is 15.6 Å². The van der Waals surface area contributed by atoms with Gasteiger partial charge >= 0.3 is 5.97 Å². The van der Waals surface area contributed by atoms with Crippen LogP contribution in [0.4, 0.5) is 0 Å². The van der Waals surface area contributed by atoms with Gasteiger partial charge in [0, 0.05) is 6.42 Å². The van der Waals surface area contributed by atoms with Gasteiger partial charge in [0.15, 0.2) is 0 Å². The highest BCUT2D eigenvalue weighted by molar-refractivity contribution is 7.05. The summed E-state index contributed by atoms with van der Waals surface area (Å²) in [7, 11) is 0. The van der Waals surface area contributed by atoms with Gasteiger partial charge in [-0.05, 0) is 17.5 Å². The average Bonchev–Trinajstić information content (AvgIpc) is 2.67. The molecule has 0 bridgehead atoms. The SMILES string of the molecule is CCCC(C)CC(=O)OCc1cnns1. The number of carbonyl (C=O) groups excluding carboxylic acids is 1. The van der Waals surface area contributed by atoms with E-state index in [-0.39, 0.29) is 5.97 Å². The Balaban J connectivity index is 2.19. The lowest BCUT2D eigenvalue weighted by Gasteiger charge is -2.08. The molecule has 1 rings (SSSR count). The van der Waals surface area contributed by atoms with Crippen LogP contribution in [0, 0.1) is 5.92 Å². The maximum atomic E-state index is 11.4. The van der Waals surface area contributed by atoms with Crippen LogP contribution in [0.25, 0.3) is 0 Å².